The summed E-state index contributed by atoms with van der Waals surface area (Å²) in [5.41, 5.74) is 0. The van der Waals surface area contributed by atoms with Crippen molar-refractivity contribution in [2.45, 2.75) is 58.0 Å². The number of hydrogen-bond donors (Lipinski definition) is 1. The van der Waals surface area contributed by atoms with Gasteiger partial charge in [-0.15, -0.1) is 0 Å². The van der Waals surface area contributed by atoms with Crippen molar-refractivity contribution in [3.8, 4) is 0 Å². The summed E-state index contributed by atoms with van der Waals surface area (Å²) in [6, 6.07) is 1.53. The normalized spacial score (nSPS) is 31.7. The molecule has 1 saturated heterocycles. The van der Waals surface area contributed by atoms with Crippen LogP contribution in [0.15, 0.2) is 12.2 Å². The lowest BCUT2D eigenvalue weighted by Crippen LogP contribution is -2.43. The highest BCUT2D eigenvalue weighted by molar-refractivity contribution is 4.95. The molecule has 1 N–H and O–H groups in total. The van der Waals surface area contributed by atoms with Crippen molar-refractivity contribution in [2.75, 3.05) is 19.6 Å². The SMILES string of the molecule is CC(C)CC1CN(C2CC=CCC2)CCCN1. The number of rotatable bonds is 3. The van der Waals surface area contributed by atoms with Crippen LogP contribution in [0.1, 0.15) is 46.0 Å². The summed E-state index contributed by atoms with van der Waals surface area (Å²) in [5, 5.41) is 3.72. The Hall–Kier alpha value is -0.340. The predicted octanol–water partition coefficient (Wildman–Crippen LogP) is 2.81. The van der Waals surface area contributed by atoms with E-state index in [-0.39, 0.29) is 0 Å². The Morgan fingerprint density at radius 1 is 1.35 bits per heavy atom. The molecule has 2 unspecified atom stereocenters. The maximum Gasteiger partial charge on any atom is 0.0197 e. The lowest BCUT2D eigenvalue weighted by molar-refractivity contribution is 0.175. The highest BCUT2D eigenvalue weighted by Gasteiger charge is 2.24. The van der Waals surface area contributed by atoms with Crippen molar-refractivity contribution in [3.63, 3.8) is 0 Å². The third-order valence-electron chi connectivity index (χ3n) is 4.02. The van der Waals surface area contributed by atoms with Gasteiger partial charge in [-0.25, -0.2) is 0 Å². The van der Waals surface area contributed by atoms with Crippen LogP contribution >= 0.6 is 0 Å². The summed E-state index contributed by atoms with van der Waals surface area (Å²) in [7, 11) is 0. The minimum Gasteiger partial charge on any atom is -0.313 e. The van der Waals surface area contributed by atoms with Crippen molar-refractivity contribution in [1.82, 2.24) is 10.2 Å². The fourth-order valence-electron chi connectivity index (χ4n) is 3.20. The summed E-state index contributed by atoms with van der Waals surface area (Å²) in [4.78, 5) is 2.75. The summed E-state index contributed by atoms with van der Waals surface area (Å²) >= 11 is 0. The molecule has 2 aliphatic rings. The maximum atomic E-state index is 3.72. The van der Waals surface area contributed by atoms with E-state index in [1.807, 2.05) is 0 Å². The standard InChI is InChI=1S/C15H28N2/c1-13(2)11-14-12-17(10-6-9-16-14)15-7-4-3-5-8-15/h3-4,13-16H,5-12H2,1-2H3. The van der Waals surface area contributed by atoms with E-state index in [1.165, 1.54) is 51.7 Å². The van der Waals surface area contributed by atoms with Gasteiger partial charge in [-0.2, -0.15) is 0 Å². The summed E-state index contributed by atoms with van der Waals surface area (Å²) in [5.74, 6) is 0.804. The van der Waals surface area contributed by atoms with Crippen LogP contribution in [0, 0.1) is 5.92 Å². The molecule has 98 valence electrons. The van der Waals surface area contributed by atoms with Gasteiger partial charge in [0.05, 0.1) is 0 Å². The Balaban J connectivity index is 1.89. The van der Waals surface area contributed by atoms with E-state index >= 15 is 0 Å². The molecule has 2 heteroatoms. The molecule has 1 fully saturated rings. The lowest BCUT2D eigenvalue weighted by Gasteiger charge is -2.33. The van der Waals surface area contributed by atoms with Gasteiger partial charge in [0, 0.05) is 18.6 Å². The number of nitrogens with zero attached hydrogens (tertiary/aromatic N) is 1. The Bertz CT molecular complexity index is 247. The van der Waals surface area contributed by atoms with Crippen molar-refractivity contribution in [2.24, 2.45) is 5.92 Å². The second kappa shape index (κ2) is 6.55. The quantitative estimate of drug-likeness (QED) is 0.758. The Labute approximate surface area is 106 Å². The van der Waals surface area contributed by atoms with Crippen molar-refractivity contribution >= 4 is 0 Å². The van der Waals surface area contributed by atoms with Crippen LogP contribution in [0.3, 0.4) is 0 Å². The van der Waals surface area contributed by atoms with Gasteiger partial charge in [-0.05, 0) is 51.1 Å². The van der Waals surface area contributed by atoms with E-state index in [0.29, 0.717) is 6.04 Å². The molecule has 2 nitrogen and oxygen atoms in total. The molecule has 0 aromatic rings. The second-order valence-electron chi connectivity index (χ2n) is 6.07. The number of hydrogen-bond acceptors (Lipinski definition) is 2. The van der Waals surface area contributed by atoms with Crippen molar-refractivity contribution in [3.05, 3.63) is 12.2 Å². The predicted molar refractivity (Wildman–Crippen MR) is 74.2 cm³/mol. The van der Waals surface area contributed by atoms with Gasteiger partial charge in [0.1, 0.15) is 0 Å². The third-order valence-corrected chi connectivity index (χ3v) is 4.02. The average Bonchev–Trinajstić information content (AvgIpc) is 2.55. The van der Waals surface area contributed by atoms with E-state index in [0.717, 1.165) is 12.0 Å². The molecule has 2 atom stereocenters. The Kier molecular flexibility index (Phi) is 5.05. The monoisotopic (exact) mass is 236 g/mol. The van der Waals surface area contributed by atoms with E-state index in [9.17, 15) is 0 Å². The molecule has 0 radical (unpaired) electrons. The summed E-state index contributed by atoms with van der Waals surface area (Å²) in [6.07, 6.45) is 11.3. The van der Waals surface area contributed by atoms with E-state index < -0.39 is 0 Å². The maximum absolute atomic E-state index is 3.72. The number of allylic oxidation sites excluding steroid dienone is 1. The van der Waals surface area contributed by atoms with E-state index in [1.54, 1.807) is 0 Å². The first-order valence-electron chi connectivity index (χ1n) is 7.38. The zero-order chi connectivity index (χ0) is 12.1. The Morgan fingerprint density at radius 3 is 2.94 bits per heavy atom. The Morgan fingerprint density at radius 2 is 2.24 bits per heavy atom. The fraction of sp³-hybridized carbons (Fsp3) is 0.867. The van der Waals surface area contributed by atoms with Gasteiger partial charge in [-0.1, -0.05) is 26.0 Å². The molecule has 0 aromatic carbocycles. The molecule has 0 amide bonds. The van der Waals surface area contributed by atoms with Crippen LogP contribution in [0.5, 0.6) is 0 Å². The minimum atomic E-state index is 0.711. The lowest BCUT2D eigenvalue weighted by atomic mass is 9.98. The molecular weight excluding hydrogens is 208 g/mol. The summed E-state index contributed by atoms with van der Waals surface area (Å²) < 4.78 is 0. The molecule has 1 aliphatic heterocycles. The van der Waals surface area contributed by atoms with E-state index in [4.69, 9.17) is 0 Å². The van der Waals surface area contributed by atoms with Gasteiger partial charge in [0.15, 0.2) is 0 Å². The molecule has 0 spiro atoms. The van der Waals surface area contributed by atoms with Crippen LogP contribution in [-0.2, 0) is 0 Å². The fourth-order valence-corrected chi connectivity index (χ4v) is 3.20. The molecule has 17 heavy (non-hydrogen) atoms. The van der Waals surface area contributed by atoms with Crippen LogP contribution in [0.25, 0.3) is 0 Å². The second-order valence-corrected chi connectivity index (χ2v) is 6.07. The first kappa shape index (κ1) is 13.1. The van der Waals surface area contributed by atoms with Crippen LogP contribution < -0.4 is 5.32 Å². The molecule has 0 bridgehead atoms. The number of nitrogens with one attached hydrogen (secondary N) is 1. The molecule has 0 saturated carbocycles. The first-order valence-corrected chi connectivity index (χ1v) is 7.38. The van der Waals surface area contributed by atoms with Crippen molar-refractivity contribution < 1.29 is 0 Å². The zero-order valence-corrected chi connectivity index (χ0v) is 11.5. The zero-order valence-electron chi connectivity index (χ0n) is 11.5. The first-order chi connectivity index (χ1) is 8.25. The van der Waals surface area contributed by atoms with Crippen molar-refractivity contribution in [1.29, 1.82) is 0 Å². The van der Waals surface area contributed by atoms with Gasteiger partial charge >= 0.3 is 0 Å². The highest BCUT2D eigenvalue weighted by Crippen LogP contribution is 2.20. The molecule has 1 heterocycles. The molecular formula is C15H28N2. The minimum absolute atomic E-state index is 0.711. The van der Waals surface area contributed by atoms with Gasteiger partial charge in [0.25, 0.3) is 0 Å². The smallest absolute Gasteiger partial charge is 0.0197 e. The van der Waals surface area contributed by atoms with Gasteiger partial charge < -0.3 is 5.32 Å². The summed E-state index contributed by atoms with van der Waals surface area (Å²) in [6.45, 7) is 8.42. The average molecular weight is 236 g/mol. The molecule has 0 aromatic heterocycles. The largest absolute Gasteiger partial charge is 0.313 e. The van der Waals surface area contributed by atoms with E-state index in [2.05, 4.69) is 36.2 Å². The third kappa shape index (κ3) is 4.11. The van der Waals surface area contributed by atoms with Crippen LogP contribution in [0.4, 0.5) is 0 Å². The topological polar surface area (TPSA) is 15.3 Å². The van der Waals surface area contributed by atoms with Crippen LogP contribution in [0.2, 0.25) is 0 Å². The van der Waals surface area contributed by atoms with Gasteiger partial charge in [0.2, 0.25) is 0 Å². The highest BCUT2D eigenvalue weighted by atomic mass is 15.2. The molecule has 2 rings (SSSR count). The van der Waals surface area contributed by atoms with Gasteiger partial charge in [-0.3, -0.25) is 4.90 Å². The van der Waals surface area contributed by atoms with Crippen LogP contribution in [-0.4, -0.2) is 36.6 Å². The molecule has 1 aliphatic carbocycles.